The summed E-state index contributed by atoms with van der Waals surface area (Å²) in [6.07, 6.45) is 0. The fraction of sp³-hybridized carbons (Fsp3) is 0.667. The first-order chi connectivity index (χ1) is 4.22. The average molecular weight is 133 g/mol. The van der Waals surface area contributed by atoms with Crippen LogP contribution in [0.1, 0.15) is 0 Å². The van der Waals surface area contributed by atoms with Crippen LogP contribution in [-0.2, 0) is 9.63 Å². The summed E-state index contributed by atoms with van der Waals surface area (Å²) in [5, 5.41) is 2.37. The molecule has 52 valence electrons. The van der Waals surface area contributed by atoms with E-state index in [1.165, 1.54) is 0 Å². The van der Waals surface area contributed by atoms with Gasteiger partial charge in [-0.1, -0.05) is 5.18 Å². The number of hydrogen-bond donors (Lipinski definition) is 2. The van der Waals surface area contributed by atoms with Gasteiger partial charge < -0.3 is 10.6 Å². The molecule has 6 heteroatoms. The number of nitrogens with zero attached hydrogens (tertiary/aromatic N) is 1. The number of hydrogen-bond acceptors (Lipinski definition) is 6. The normalized spacial score (nSPS) is 12.2. The Labute approximate surface area is 51.1 Å². The molecule has 0 fully saturated rings. The van der Waals surface area contributed by atoms with Crippen LogP contribution in [0.4, 0.5) is 0 Å². The molecule has 9 heavy (non-hydrogen) atoms. The molecule has 0 radical (unpaired) electrons. The standard InChI is InChI=1S/C3H7N3O3/c4-2(1-6-8)3(7)9-5/h2H,1,4-5H2. The van der Waals surface area contributed by atoms with Crippen LogP contribution in [0, 0.1) is 4.91 Å². The summed E-state index contributed by atoms with van der Waals surface area (Å²) in [5.74, 6) is 3.59. The zero-order valence-corrected chi connectivity index (χ0v) is 4.61. The minimum absolute atomic E-state index is 0.309. The molecule has 0 aliphatic carbocycles. The van der Waals surface area contributed by atoms with Crippen LogP contribution in [0.25, 0.3) is 0 Å². The lowest BCUT2D eigenvalue weighted by Crippen LogP contribution is -2.36. The Bertz CT molecular complexity index is 115. The van der Waals surface area contributed by atoms with Crippen LogP contribution in [0.3, 0.4) is 0 Å². The van der Waals surface area contributed by atoms with Gasteiger partial charge in [0.1, 0.15) is 12.6 Å². The van der Waals surface area contributed by atoms with Gasteiger partial charge in [0, 0.05) is 0 Å². The first-order valence-electron chi connectivity index (χ1n) is 2.17. The second-order valence-electron chi connectivity index (χ2n) is 1.36. The molecule has 0 aliphatic rings. The molecule has 0 aromatic carbocycles. The van der Waals surface area contributed by atoms with Crippen LogP contribution in [-0.4, -0.2) is 18.6 Å². The van der Waals surface area contributed by atoms with Gasteiger partial charge in [0.15, 0.2) is 0 Å². The predicted molar refractivity (Wildman–Crippen MR) is 28.9 cm³/mol. The monoisotopic (exact) mass is 133 g/mol. The van der Waals surface area contributed by atoms with Crippen molar-refractivity contribution in [3.63, 3.8) is 0 Å². The van der Waals surface area contributed by atoms with E-state index in [9.17, 15) is 9.70 Å². The van der Waals surface area contributed by atoms with Gasteiger partial charge in [0.2, 0.25) is 0 Å². The highest BCUT2D eigenvalue weighted by molar-refractivity contribution is 5.75. The Kier molecular flexibility index (Phi) is 3.49. The van der Waals surface area contributed by atoms with Gasteiger partial charge in [-0.05, 0) is 0 Å². The molecule has 0 aromatic rings. The maximum atomic E-state index is 10.2. The molecule has 0 aliphatic heterocycles. The summed E-state index contributed by atoms with van der Waals surface area (Å²) in [6.45, 7) is -0.309. The summed E-state index contributed by atoms with van der Waals surface area (Å²) in [4.78, 5) is 23.4. The molecule has 1 atom stereocenters. The molecule has 4 N–H and O–H groups in total. The van der Waals surface area contributed by atoms with Gasteiger partial charge in [-0.3, -0.25) is 0 Å². The van der Waals surface area contributed by atoms with Crippen LogP contribution < -0.4 is 11.6 Å². The van der Waals surface area contributed by atoms with Crippen molar-refractivity contribution < 1.29 is 9.63 Å². The zero-order chi connectivity index (χ0) is 7.28. The van der Waals surface area contributed by atoms with Crippen LogP contribution in [0.2, 0.25) is 0 Å². The number of carbonyl (C=O) groups is 1. The van der Waals surface area contributed by atoms with Gasteiger partial charge in [0.05, 0.1) is 0 Å². The third-order valence-corrected chi connectivity index (χ3v) is 0.690. The zero-order valence-electron chi connectivity index (χ0n) is 4.61. The second kappa shape index (κ2) is 3.93. The van der Waals surface area contributed by atoms with E-state index in [4.69, 9.17) is 5.73 Å². The van der Waals surface area contributed by atoms with Crippen molar-refractivity contribution in [2.75, 3.05) is 6.54 Å². The topological polar surface area (TPSA) is 108 Å². The molecule has 0 rings (SSSR count). The number of nitrogens with two attached hydrogens (primary N) is 2. The summed E-state index contributed by atoms with van der Waals surface area (Å²) in [5.41, 5.74) is 4.99. The highest BCUT2D eigenvalue weighted by Gasteiger charge is 2.13. The van der Waals surface area contributed by atoms with Crippen molar-refractivity contribution in [2.24, 2.45) is 16.8 Å². The number of nitroso groups, excluding NO2 is 1. The maximum Gasteiger partial charge on any atom is 0.343 e. The highest BCUT2D eigenvalue weighted by Crippen LogP contribution is 1.81. The van der Waals surface area contributed by atoms with Crippen molar-refractivity contribution in [3.8, 4) is 0 Å². The van der Waals surface area contributed by atoms with Crippen molar-refractivity contribution in [1.29, 1.82) is 0 Å². The molecule has 0 heterocycles. The van der Waals surface area contributed by atoms with Crippen molar-refractivity contribution in [3.05, 3.63) is 4.91 Å². The third-order valence-electron chi connectivity index (χ3n) is 0.690. The minimum atomic E-state index is -1.03. The minimum Gasteiger partial charge on any atom is -0.372 e. The fourth-order valence-corrected chi connectivity index (χ4v) is 0.242. The molecular weight excluding hydrogens is 126 g/mol. The van der Waals surface area contributed by atoms with Crippen molar-refractivity contribution >= 4 is 5.97 Å². The average Bonchev–Trinajstić information content (AvgIpc) is 1.87. The van der Waals surface area contributed by atoms with Crippen LogP contribution in [0.5, 0.6) is 0 Å². The highest BCUT2D eigenvalue weighted by atomic mass is 16.7. The van der Waals surface area contributed by atoms with E-state index >= 15 is 0 Å². The van der Waals surface area contributed by atoms with Gasteiger partial charge >= 0.3 is 5.97 Å². The van der Waals surface area contributed by atoms with E-state index in [1.807, 2.05) is 0 Å². The van der Waals surface area contributed by atoms with E-state index in [0.29, 0.717) is 0 Å². The molecule has 0 amide bonds. The Morgan fingerprint density at radius 3 is 2.67 bits per heavy atom. The van der Waals surface area contributed by atoms with Crippen molar-refractivity contribution in [2.45, 2.75) is 6.04 Å². The molecule has 6 nitrogen and oxygen atoms in total. The number of rotatable bonds is 3. The van der Waals surface area contributed by atoms with Gasteiger partial charge in [-0.2, -0.15) is 10.8 Å². The lowest BCUT2D eigenvalue weighted by molar-refractivity contribution is -0.145. The molecule has 1 unspecified atom stereocenters. The quantitative estimate of drug-likeness (QED) is 0.359. The van der Waals surface area contributed by atoms with Crippen LogP contribution in [0.15, 0.2) is 5.18 Å². The SMILES string of the molecule is NOC(=O)C(N)CN=O. The van der Waals surface area contributed by atoms with E-state index < -0.39 is 12.0 Å². The van der Waals surface area contributed by atoms with E-state index in [1.54, 1.807) is 0 Å². The third kappa shape index (κ3) is 2.73. The summed E-state index contributed by atoms with van der Waals surface area (Å²) >= 11 is 0. The Morgan fingerprint density at radius 1 is 1.78 bits per heavy atom. The first-order valence-corrected chi connectivity index (χ1v) is 2.17. The number of carbonyl (C=O) groups excluding carboxylic acids is 1. The largest absolute Gasteiger partial charge is 0.372 e. The lowest BCUT2D eigenvalue weighted by atomic mass is 10.3. The Hall–Kier alpha value is -1.01. The molecular formula is C3H7N3O3. The Morgan fingerprint density at radius 2 is 2.33 bits per heavy atom. The molecule has 0 bridgehead atoms. The molecule has 0 aromatic heterocycles. The predicted octanol–water partition coefficient (Wildman–Crippen LogP) is -1.50. The summed E-state index contributed by atoms with van der Waals surface area (Å²) in [6, 6.07) is -1.03. The molecule has 0 saturated heterocycles. The van der Waals surface area contributed by atoms with Crippen molar-refractivity contribution in [1.82, 2.24) is 0 Å². The van der Waals surface area contributed by atoms with E-state index in [0.717, 1.165) is 0 Å². The molecule has 0 spiro atoms. The smallest absolute Gasteiger partial charge is 0.343 e. The summed E-state index contributed by atoms with van der Waals surface area (Å²) in [7, 11) is 0. The molecule has 0 saturated carbocycles. The second-order valence-corrected chi connectivity index (χ2v) is 1.36. The Balaban J connectivity index is 3.58. The fourth-order valence-electron chi connectivity index (χ4n) is 0.242. The maximum absolute atomic E-state index is 10.2. The van der Waals surface area contributed by atoms with E-state index in [-0.39, 0.29) is 6.54 Å². The lowest BCUT2D eigenvalue weighted by Gasteiger charge is -2.00. The van der Waals surface area contributed by atoms with Crippen LogP contribution >= 0.6 is 0 Å². The first kappa shape index (κ1) is 7.99. The van der Waals surface area contributed by atoms with Gasteiger partial charge in [0.25, 0.3) is 0 Å². The van der Waals surface area contributed by atoms with Gasteiger partial charge in [-0.25, -0.2) is 4.79 Å². The summed E-state index contributed by atoms with van der Waals surface area (Å²) < 4.78 is 0. The van der Waals surface area contributed by atoms with Gasteiger partial charge in [-0.15, -0.1) is 0 Å². The van der Waals surface area contributed by atoms with E-state index in [2.05, 4.69) is 15.9 Å².